The fourth-order valence-electron chi connectivity index (χ4n) is 2.00. The lowest BCUT2D eigenvalue weighted by atomic mass is 10.0. The maximum atomic E-state index is 11.1. The van der Waals surface area contributed by atoms with Crippen molar-refractivity contribution in [3.63, 3.8) is 0 Å². The Kier molecular flexibility index (Phi) is 4.96. The van der Waals surface area contributed by atoms with Crippen LogP contribution < -0.4 is 0 Å². The average molecular weight is 326 g/mol. The molecule has 7 heteroatoms. The minimum atomic E-state index is -4.27. The van der Waals surface area contributed by atoms with Crippen molar-refractivity contribution in [3.8, 4) is 11.5 Å². The highest BCUT2D eigenvalue weighted by molar-refractivity contribution is 8.54. The molecule has 2 rings (SSSR count). The van der Waals surface area contributed by atoms with E-state index in [1.54, 1.807) is 30.3 Å². The first-order valence-electron chi connectivity index (χ1n) is 6.19. The zero-order chi connectivity index (χ0) is 15.5. The summed E-state index contributed by atoms with van der Waals surface area (Å²) in [5.74, 6) is 0.170. The van der Waals surface area contributed by atoms with Crippen LogP contribution in [0.1, 0.15) is 11.1 Å². The van der Waals surface area contributed by atoms with Gasteiger partial charge in [-0.05, 0) is 54.1 Å². The molecule has 0 unspecified atom stereocenters. The molecule has 0 fully saturated rings. The molecule has 112 valence electrons. The summed E-state index contributed by atoms with van der Waals surface area (Å²) in [7, 11) is 0. The molecule has 2 aromatic carbocycles. The van der Waals surface area contributed by atoms with E-state index in [2.05, 4.69) is 0 Å². The lowest BCUT2D eigenvalue weighted by Crippen LogP contribution is -1.94. The summed E-state index contributed by atoms with van der Waals surface area (Å²) in [5, 5.41) is 19.3. The second-order valence-electron chi connectivity index (χ2n) is 4.51. The van der Waals surface area contributed by atoms with Gasteiger partial charge in [-0.15, -0.1) is 0 Å². The fraction of sp³-hybridized carbons (Fsp3) is 0.143. The van der Waals surface area contributed by atoms with Crippen LogP contribution in [0, 0.1) is 0 Å². The molecule has 21 heavy (non-hydrogen) atoms. The molecule has 0 saturated heterocycles. The number of hydrogen-bond acceptors (Lipinski definition) is 4. The minimum absolute atomic E-state index is 0.00797. The first-order valence-corrected chi connectivity index (χ1v) is 9.22. The molecule has 0 heterocycles. The highest BCUT2D eigenvalue weighted by Crippen LogP contribution is 2.56. The highest BCUT2D eigenvalue weighted by Gasteiger charge is 2.19. The molecule has 0 aliphatic rings. The number of aryl methyl sites for hydroxylation is 1. The van der Waals surface area contributed by atoms with Crippen LogP contribution >= 0.6 is 18.2 Å². The first kappa shape index (κ1) is 15.9. The van der Waals surface area contributed by atoms with Crippen molar-refractivity contribution in [1.82, 2.24) is 0 Å². The molecule has 0 saturated carbocycles. The maximum Gasteiger partial charge on any atom is 0.388 e. The van der Waals surface area contributed by atoms with Gasteiger partial charge < -0.3 is 20.0 Å². The van der Waals surface area contributed by atoms with Crippen LogP contribution in [-0.2, 0) is 17.4 Å². The van der Waals surface area contributed by atoms with Gasteiger partial charge in [-0.2, -0.15) is 0 Å². The van der Waals surface area contributed by atoms with E-state index in [9.17, 15) is 14.8 Å². The van der Waals surface area contributed by atoms with E-state index in [-0.39, 0.29) is 11.5 Å². The Morgan fingerprint density at radius 2 is 1.71 bits per heavy atom. The van der Waals surface area contributed by atoms with Gasteiger partial charge in [0.25, 0.3) is 0 Å². The van der Waals surface area contributed by atoms with E-state index in [4.69, 9.17) is 9.79 Å². The monoisotopic (exact) mass is 326 g/mol. The van der Waals surface area contributed by atoms with Gasteiger partial charge in [0.2, 0.25) is 0 Å². The van der Waals surface area contributed by atoms with Gasteiger partial charge in [0.15, 0.2) is 0 Å². The number of rotatable bonds is 5. The molecule has 0 radical (unpaired) electrons. The van der Waals surface area contributed by atoms with Crippen molar-refractivity contribution in [2.24, 2.45) is 0 Å². The summed E-state index contributed by atoms with van der Waals surface area (Å²) >= 11 is 0.437. The molecule has 0 aliphatic heterocycles. The molecule has 0 aliphatic carbocycles. The minimum Gasteiger partial charge on any atom is -0.508 e. The van der Waals surface area contributed by atoms with Gasteiger partial charge in [0, 0.05) is 10.5 Å². The topological polar surface area (TPSA) is 98.0 Å². The normalized spacial score (nSPS) is 11.5. The van der Waals surface area contributed by atoms with Gasteiger partial charge in [-0.25, -0.2) is 4.57 Å². The van der Waals surface area contributed by atoms with E-state index in [0.717, 1.165) is 5.56 Å². The Balaban J connectivity index is 2.21. The average Bonchev–Trinajstić information content (AvgIpc) is 2.36. The maximum absolute atomic E-state index is 11.1. The van der Waals surface area contributed by atoms with Gasteiger partial charge in [-0.3, -0.25) is 0 Å². The lowest BCUT2D eigenvalue weighted by Gasteiger charge is -2.11. The molecular formula is C14H15O5PS. The summed E-state index contributed by atoms with van der Waals surface area (Å²) in [6.07, 6.45) is 0.957. The SMILES string of the molecule is O=P(O)(O)Sc1cccc(O)c1CCc1cccc(O)c1. The smallest absolute Gasteiger partial charge is 0.388 e. The molecule has 0 atom stereocenters. The van der Waals surface area contributed by atoms with Gasteiger partial charge in [0.1, 0.15) is 11.5 Å². The lowest BCUT2D eigenvalue weighted by molar-refractivity contribution is 0.397. The molecule has 0 aromatic heterocycles. The Morgan fingerprint density at radius 1 is 1.00 bits per heavy atom. The number of aromatic hydroxyl groups is 2. The number of benzene rings is 2. The van der Waals surface area contributed by atoms with Crippen molar-refractivity contribution in [2.45, 2.75) is 17.7 Å². The number of phenolic OH excluding ortho intramolecular Hbond substituents is 2. The Morgan fingerprint density at radius 3 is 2.38 bits per heavy atom. The van der Waals surface area contributed by atoms with Gasteiger partial charge in [-0.1, -0.05) is 18.2 Å². The van der Waals surface area contributed by atoms with E-state index < -0.39 is 6.80 Å². The third-order valence-corrected chi connectivity index (χ3v) is 5.02. The summed E-state index contributed by atoms with van der Waals surface area (Å²) in [4.78, 5) is 18.5. The van der Waals surface area contributed by atoms with Crippen molar-refractivity contribution in [2.75, 3.05) is 0 Å². The van der Waals surface area contributed by atoms with E-state index >= 15 is 0 Å². The standard InChI is InChI=1S/C14H15O5PS/c15-11-4-1-3-10(9-11)7-8-12-13(16)5-2-6-14(12)21-20(17,18)19/h1-6,9,15-16H,7-8H2,(H2,17,18,19). The summed E-state index contributed by atoms with van der Waals surface area (Å²) in [5.41, 5.74) is 1.37. The Hall–Kier alpha value is -1.46. The van der Waals surface area contributed by atoms with Crippen LogP contribution in [0.5, 0.6) is 11.5 Å². The molecule has 4 N–H and O–H groups in total. The van der Waals surface area contributed by atoms with E-state index in [1.165, 1.54) is 6.07 Å². The molecule has 0 amide bonds. The molecule has 2 aromatic rings. The van der Waals surface area contributed by atoms with E-state index in [0.29, 0.717) is 34.7 Å². The van der Waals surface area contributed by atoms with Crippen LogP contribution in [0.3, 0.4) is 0 Å². The highest BCUT2D eigenvalue weighted by atomic mass is 32.7. The second kappa shape index (κ2) is 6.54. The molecule has 5 nitrogen and oxygen atoms in total. The summed E-state index contributed by atoms with van der Waals surface area (Å²) < 4.78 is 11.1. The third kappa shape index (κ3) is 4.79. The van der Waals surface area contributed by atoms with Crippen molar-refractivity contribution in [3.05, 3.63) is 53.6 Å². The van der Waals surface area contributed by atoms with Crippen molar-refractivity contribution < 1.29 is 24.6 Å². The molecule has 0 spiro atoms. The summed E-state index contributed by atoms with van der Waals surface area (Å²) in [6.45, 7) is -4.27. The molecule has 0 bridgehead atoms. The predicted octanol–water partition coefficient (Wildman–Crippen LogP) is 3.07. The fourth-order valence-corrected chi connectivity index (χ4v) is 3.99. The predicted molar refractivity (Wildman–Crippen MR) is 81.5 cm³/mol. The number of hydrogen-bond donors (Lipinski definition) is 4. The third-order valence-electron chi connectivity index (χ3n) is 2.90. The van der Waals surface area contributed by atoms with Gasteiger partial charge >= 0.3 is 6.80 Å². The van der Waals surface area contributed by atoms with Crippen molar-refractivity contribution in [1.29, 1.82) is 0 Å². The first-order chi connectivity index (χ1) is 9.85. The summed E-state index contributed by atoms with van der Waals surface area (Å²) in [6, 6.07) is 11.4. The van der Waals surface area contributed by atoms with Crippen LogP contribution in [-0.4, -0.2) is 20.0 Å². The van der Waals surface area contributed by atoms with Gasteiger partial charge in [0.05, 0.1) is 0 Å². The van der Waals surface area contributed by atoms with Crippen molar-refractivity contribution >= 4 is 18.2 Å². The largest absolute Gasteiger partial charge is 0.508 e. The van der Waals surface area contributed by atoms with Crippen LogP contribution in [0.15, 0.2) is 47.4 Å². The van der Waals surface area contributed by atoms with Crippen LogP contribution in [0.25, 0.3) is 0 Å². The quantitative estimate of drug-likeness (QED) is 0.630. The van der Waals surface area contributed by atoms with Crippen LogP contribution in [0.2, 0.25) is 0 Å². The second-order valence-corrected chi connectivity index (χ2v) is 8.08. The van der Waals surface area contributed by atoms with E-state index in [1.807, 2.05) is 6.07 Å². The zero-order valence-corrected chi connectivity index (χ0v) is 12.7. The number of phenols is 2. The zero-order valence-electron chi connectivity index (χ0n) is 11.0. The molecular weight excluding hydrogens is 311 g/mol. The van der Waals surface area contributed by atoms with Crippen LogP contribution in [0.4, 0.5) is 0 Å². The Bertz CT molecular complexity index is 683. The Labute approximate surface area is 126 Å².